The number of nitrogens with one attached hydrogen (secondary N) is 1. The molecule has 0 aromatic heterocycles. The molecule has 0 spiro atoms. The van der Waals surface area contributed by atoms with E-state index in [0.717, 1.165) is 25.9 Å². The highest BCUT2D eigenvalue weighted by Crippen LogP contribution is 2.24. The molecule has 132 valence electrons. The highest BCUT2D eigenvalue weighted by molar-refractivity contribution is 5.81. The van der Waals surface area contributed by atoms with E-state index in [2.05, 4.69) is 41.4 Å². The van der Waals surface area contributed by atoms with Crippen LogP contribution >= 0.6 is 0 Å². The Morgan fingerprint density at radius 2 is 1.88 bits per heavy atom. The first-order chi connectivity index (χ1) is 11.7. The Balaban J connectivity index is 1.68. The molecular weight excluding hydrogens is 300 g/mol. The van der Waals surface area contributed by atoms with Crippen LogP contribution < -0.4 is 5.32 Å². The van der Waals surface area contributed by atoms with Gasteiger partial charge in [0.2, 0.25) is 5.91 Å². The fourth-order valence-electron chi connectivity index (χ4n) is 3.75. The minimum atomic E-state index is -0.243. The number of ether oxygens (including phenoxy) is 1. The van der Waals surface area contributed by atoms with Gasteiger partial charge in [-0.25, -0.2) is 0 Å². The molecule has 1 N–H and O–H groups in total. The number of carbonyl (C=O) groups is 1. The lowest BCUT2D eigenvalue weighted by molar-refractivity contribution is -0.130. The van der Waals surface area contributed by atoms with E-state index < -0.39 is 0 Å². The second-order valence-electron chi connectivity index (χ2n) is 7.12. The number of nitrogens with zero attached hydrogens (tertiary/aromatic N) is 1. The summed E-state index contributed by atoms with van der Waals surface area (Å²) in [7, 11) is 0. The minimum absolute atomic E-state index is 0.0550. The lowest BCUT2D eigenvalue weighted by Crippen LogP contribution is -2.42. The topological polar surface area (TPSA) is 41.6 Å². The molecule has 1 amide bonds. The summed E-state index contributed by atoms with van der Waals surface area (Å²) >= 11 is 0. The highest BCUT2D eigenvalue weighted by atomic mass is 16.5. The fraction of sp³-hybridized carbons (Fsp3) is 0.650. The third-order valence-corrected chi connectivity index (χ3v) is 5.24. The summed E-state index contributed by atoms with van der Waals surface area (Å²) < 4.78 is 5.51. The van der Waals surface area contributed by atoms with Gasteiger partial charge in [0.05, 0.1) is 6.04 Å². The number of likely N-dealkylation sites (tertiary alicyclic amines) is 1. The van der Waals surface area contributed by atoms with Crippen LogP contribution in [0.1, 0.15) is 55.7 Å². The lowest BCUT2D eigenvalue weighted by atomic mass is 10.0. The van der Waals surface area contributed by atoms with Crippen LogP contribution in [-0.4, -0.2) is 43.2 Å². The molecule has 2 saturated heterocycles. The molecule has 0 radical (unpaired) electrons. The van der Waals surface area contributed by atoms with Crippen molar-refractivity contribution in [3.63, 3.8) is 0 Å². The van der Waals surface area contributed by atoms with Gasteiger partial charge in [-0.15, -0.1) is 0 Å². The molecule has 2 aliphatic heterocycles. The zero-order chi connectivity index (χ0) is 16.8. The average Bonchev–Trinajstić information content (AvgIpc) is 3.01. The summed E-state index contributed by atoms with van der Waals surface area (Å²) in [6.45, 7) is 5.74. The highest BCUT2D eigenvalue weighted by Gasteiger charge is 2.26. The van der Waals surface area contributed by atoms with Crippen molar-refractivity contribution in [1.82, 2.24) is 10.2 Å². The molecule has 2 unspecified atom stereocenters. The third kappa shape index (κ3) is 4.58. The predicted molar refractivity (Wildman–Crippen MR) is 95.9 cm³/mol. The molecule has 1 aromatic carbocycles. The van der Waals surface area contributed by atoms with E-state index in [1.54, 1.807) is 0 Å². The molecule has 0 saturated carbocycles. The van der Waals surface area contributed by atoms with Gasteiger partial charge in [0.25, 0.3) is 0 Å². The third-order valence-electron chi connectivity index (χ3n) is 5.24. The van der Waals surface area contributed by atoms with Crippen molar-refractivity contribution in [3.8, 4) is 0 Å². The van der Waals surface area contributed by atoms with Gasteiger partial charge in [0.1, 0.15) is 6.10 Å². The van der Waals surface area contributed by atoms with Crippen LogP contribution in [0.3, 0.4) is 0 Å². The number of amides is 1. The van der Waals surface area contributed by atoms with Gasteiger partial charge >= 0.3 is 0 Å². The average molecular weight is 330 g/mol. The van der Waals surface area contributed by atoms with Gasteiger partial charge in [0, 0.05) is 13.2 Å². The van der Waals surface area contributed by atoms with Crippen LogP contribution in [0.15, 0.2) is 24.3 Å². The molecule has 4 heteroatoms. The summed E-state index contributed by atoms with van der Waals surface area (Å²) in [5.41, 5.74) is 2.58. The maximum absolute atomic E-state index is 12.3. The lowest BCUT2D eigenvalue weighted by Gasteiger charge is -2.31. The summed E-state index contributed by atoms with van der Waals surface area (Å²) in [6, 6.07) is 9.02. The van der Waals surface area contributed by atoms with E-state index in [9.17, 15) is 4.79 Å². The van der Waals surface area contributed by atoms with Gasteiger partial charge in [-0.3, -0.25) is 9.69 Å². The van der Waals surface area contributed by atoms with Crippen LogP contribution in [0, 0.1) is 6.92 Å². The summed E-state index contributed by atoms with van der Waals surface area (Å²) in [5, 5.41) is 3.15. The van der Waals surface area contributed by atoms with Crippen molar-refractivity contribution < 1.29 is 9.53 Å². The second kappa shape index (κ2) is 8.63. The zero-order valence-corrected chi connectivity index (χ0v) is 14.8. The molecule has 2 fully saturated rings. The Morgan fingerprint density at radius 1 is 1.17 bits per heavy atom. The summed E-state index contributed by atoms with van der Waals surface area (Å²) in [4.78, 5) is 14.9. The Kier molecular flexibility index (Phi) is 6.27. The van der Waals surface area contributed by atoms with E-state index in [-0.39, 0.29) is 18.1 Å². The minimum Gasteiger partial charge on any atom is -0.368 e. The van der Waals surface area contributed by atoms with Crippen molar-refractivity contribution in [3.05, 3.63) is 35.4 Å². The Morgan fingerprint density at radius 3 is 2.50 bits per heavy atom. The van der Waals surface area contributed by atoms with Crippen LogP contribution in [0.5, 0.6) is 0 Å². The normalized spacial score (nSPS) is 23.6. The van der Waals surface area contributed by atoms with Crippen LogP contribution in [-0.2, 0) is 9.53 Å². The largest absolute Gasteiger partial charge is 0.368 e. The molecule has 2 aliphatic rings. The molecular formula is C20H30N2O2. The maximum atomic E-state index is 12.3. The first-order valence-electron chi connectivity index (χ1n) is 9.44. The Bertz CT molecular complexity index is 515. The van der Waals surface area contributed by atoms with Gasteiger partial charge in [-0.05, 0) is 51.3 Å². The molecule has 3 rings (SSSR count). The molecule has 2 heterocycles. The predicted octanol–water partition coefficient (Wildman–Crippen LogP) is 3.21. The molecule has 1 aromatic rings. The number of benzene rings is 1. The standard InChI is InChI=1S/C20H30N2O2/c1-16-8-10-17(11-9-16)18(22-12-4-2-3-5-13-22)15-21-20(23)19-7-6-14-24-19/h8-11,18-19H,2-7,12-15H2,1H3,(H,21,23). The van der Waals surface area contributed by atoms with Crippen molar-refractivity contribution in [2.24, 2.45) is 0 Å². The number of hydrogen-bond acceptors (Lipinski definition) is 3. The second-order valence-corrected chi connectivity index (χ2v) is 7.12. The van der Waals surface area contributed by atoms with Crippen LogP contribution in [0.2, 0.25) is 0 Å². The number of aryl methyl sites for hydroxylation is 1. The maximum Gasteiger partial charge on any atom is 0.249 e. The molecule has 0 bridgehead atoms. The van der Waals surface area contributed by atoms with E-state index in [0.29, 0.717) is 13.2 Å². The summed E-state index contributed by atoms with van der Waals surface area (Å²) in [5.74, 6) is 0.0550. The summed E-state index contributed by atoms with van der Waals surface area (Å²) in [6.07, 6.45) is 6.74. The Hall–Kier alpha value is -1.39. The molecule has 24 heavy (non-hydrogen) atoms. The van der Waals surface area contributed by atoms with E-state index in [1.807, 2.05) is 0 Å². The van der Waals surface area contributed by atoms with Gasteiger partial charge < -0.3 is 10.1 Å². The fourth-order valence-corrected chi connectivity index (χ4v) is 3.75. The number of hydrogen-bond donors (Lipinski definition) is 1. The zero-order valence-electron chi connectivity index (χ0n) is 14.8. The smallest absolute Gasteiger partial charge is 0.249 e. The van der Waals surface area contributed by atoms with Gasteiger partial charge in [0.15, 0.2) is 0 Å². The molecule has 2 atom stereocenters. The van der Waals surface area contributed by atoms with Crippen molar-refractivity contribution in [2.75, 3.05) is 26.2 Å². The van der Waals surface area contributed by atoms with Crippen molar-refractivity contribution in [1.29, 1.82) is 0 Å². The van der Waals surface area contributed by atoms with E-state index in [4.69, 9.17) is 4.74 Å². The first-order valence-corrected chi connectivity index (χ1v) is 9.44. The quantitative estimate of drug-likeness (QED) is 0.901. The number of rotatable bonds is 5. The monoisotopic (exact) mass is 330 g/mol. The van der Waals surface area contributed by atoms with Gasteiger partial charge in [-0.2, -0.15) is 0 Å². The molecule has 0 aliphatic carbocycles. The van der Waals surface area contributed by atoms with Crippen LogP contribution in [0.25, 0.3) is 0 Å². The first kappa shape index (κ1) is 17.4. The molecule has 4 nitrogen and oxygen atoms in total. The Labute approximate surface area is 145 Å². The number of carbonyl (C=O) groups excluding carboxylic acids is 1. The van der Waals surface area contributed by atoms with Crippen molar-refractivity contribution in [2.45, 2.75) is 57.6 Å². The van der Waals surface area contributed by atoms with E-state index in [1.165, 1.54) is 36.8 Å². The SMILES string of the molecule is Cc1ccc(C(CNC(=O)C2CCCO2)N2CCCCCC2)cc1. The van der Waals surface area contributed by atoms with Gasteiger partial charge in [-0.1, -0.05) is 42.7 Å². The van der Waals surface area contributed by atoms with E-state index >= 15 is 0 Å². The van der Waals surface area contributed by atoms with Crippen LogP contribution in [0.4, 0.5) is 0 Å². The van der Waals surface area contributed by atoms with Crippen molar-refractivity contribution >= 4 is 5.91 Å².